The molecule has 1 atom stereocenters. The van der Waals surface area contributed by atoms with Gasteiger partial charge in [0.25, 0.3) is 0 Å². The van der Waals surface area contributed by atoms with Crippen LogP contribution in [0, 0.1) is 0 Å². The van der Waals surface area contributed by atoms with Gasteiger partial charge in [0.2, 0.25) is 0 Å². The molecule has 1 heterocycles. The van der Waals surface area contributed by atoms with Gasteiger partial charge in [0.05, 0.1) is 29.9 Å². The van der Waals surface area contributed by atoms with Crippen molar-refractivity contribution in [2.24, 2.45) is 0 Å². The van der Waals surface area contributed by atoms with Crippen molar-refractivity contribution in [3.63, 3.8) is 0 Å². The van der Waals surface area contributed by atoms with Crippen LogP contribution in [0.4, 0.5) is 5.69 Å². The molecule has 0 amide bonds. The Bertz CT molecular complexity index is 971. The molecule has 4 nitrogen and oxygen atoms in total. The van der Waals surface area contributed by atoms with Crippen molar-refractivity contribution in [2.75, 3.05) is 12.0 Å². The second kappa shape index (κ2) is 7.33. The fourth-order valence-corrected chi connectivity index (χ4v) is 3.49. The Balaban J connectivity index is 1.76. The molecule has 1 aliphatic rings. The summed E-state index contributed by atoms with van der Waals surface area (Å²) in [6.07, 6.45) is -0.355. The highest BCUT2D eigenvalue weighted by molar-refractivity contribution is 6.33. The van der Waals surface area contributed by atoms with Crippen LogP contribution in [0.3, 0.4) is 0 Å². The van der Waals surface area contributed by atoms with Crippen molar-refractivity contribution in [3.8, 4) is 5.75 Å². The highest BCUT2D eigenvalue weighted by atomic mass is 35.5. The van der Waals surface area contributed by atoms with Gasteiger partial charge < -0.3 is 14.4 Å². The lowest BCUT2D eigenvalue weighted by molar-refractivity contribution is 0.0600. The first-order valence-electron chi connectivity index (χ1n) is 8.61. The number of halogens is 1. The summed E-state index contributed by atoms with van der Waals surface area (Å²) in [6, 6.07) is 23.0. The van der Waals surface area contributed by atoms with E-state index in [2.05, 4.69) is 11.0 Å². The van der Waals surface area contributed by atoms with Crippen LogP contribution in [0.5, 0.6) is 5.75 Å². The van der Waals surface area contributed by atoms with E-state index in [1.54, 1.807) is 12.1 Å². The van der Waals surface area contributed by atoms with Crippen LogP contribution in [0.1, 0.15) is 27.7 Å². The maximum absolute atomic E-state index is 11.7. The average molecular weight is 380 g/mol. The Morgan fingerprint density at radius 1 is 1.04 bits per heavy atom. The molecule has 5 heteroatoms. The number of benzene rings is 3. The minimum atomic E-state index is -0.362. The minimum absolute atomic E-state index is 0.355. The predicted octanol–water partition coefficient (Wildman–Crippen LogP) is 5.22. The van der Waals surface area contributed by atoms with Gasteiger partial charge in [0, 0.05) is 11.1 Å². The zero-order valence-electron chi connectivity index (χ0n) is 14.8. The number of ether oxygens (including phenoxy) is 2. The Labute approximate surface area is 162 Å². The highest BCUT2D eigenvalue weighted by Gasteiger charge is 2.30. The van der Waals surface area contributed by atoms with Crippen molar-refractivity contribution >= 4 is 23.3 Å². The molecule has 0 saturated carbocycles. The molecule has 0 aromatic heterocycles. The van der Waals surface area contributed by atoms with Gasteiger partial charge >= 0.3 is 5.97 Å². The molecular formula is C22H18ClNO3. The van der Waals surface area contributed by atoms with E-state index in [0.717, 1.165) is 22.6 Å². The lowest BCUT2D eigenvalue weighted by atomic mass is 10.1. The van der Waals surface area contributed by atoms with E-state index in [0.29, 0.717) is 17.1 Å². The molecule has 4 rings (SSSR count). The topological polar surface area (TPSA) is 38.8 Å². The second-order valence-electron chi connectivity index (χ2n) is 6.27. The van der Waals surface area contributed by atoms with Crippen molar-refractivity contribution in [2.45, 2.75) is 12.8 Å². The summed E-state index contributed by atoms with van der Waals surface area (Å²) in [5.74, 6) is 0.488. The molecule has 0 bridgehead atoms. The lowest BCUT2D eigenvalue weighted by Gasteiger charge is -2.39. The second-order valence-corrected chi connectivity index (χ2v) is 6.68. The maximum Gasteiger partial charge on any atom is 0.337 e. The first-order valence-corrected chi connectivity index (χ1v) is 8.99. The summed E-state index contributed by atoms with van der Waals surface area (Å²) < 4.78 is 11.1. The SMILES string of the molecule is COC(=O)c1ccc([C@@H]2Oc3ccccc3CN2c2ccccc2Cl)cc1. The normalized spacial score (nSPS) is 15.6. The fourth-order valence-electron chi connectivity index (χ4n) is 3.25. The number of carbonyl (C=O) groups is 1. The molecule has 0 saturated heterocycles. The van der Waals surface area contributed by atoms with Gasteiger partial charge in [-0.25, -0.2) is 4.79 Å². The maximum atomic E-state index is 11.7. The standard InChI is InChI=1S/C22H18ClNO3/c1-26-22(25)16-12-10-15(11-13-16)21-24(19-8-4-3-7-18(19)23)14-17-6-2-5-9-20(17)27-21/h2-13,21H,14H2,1H3/t21-/m0/s1. The quantitative estimate of drug-likeness (QED) is 0.584. The summed E-state index contributed by atoms with van der Waals surface area (Å²) in [7, 11) is 1.37. The van der Waals surface area contributed by atoms with Gasteiger partial charge in [-0.05, 0) is 30.3 Å². The number of nitrogens with zero attached hydrogens (tertiary/aromatic N) is 1. The van der Waals surface area contributed by atoms with Crippen LogP contribution in [-0.4, -0.2) is 13.1 Å². The number of methoxy groups -OCH3 is 1. The van der Waals surface area contributed by atoms with E-state index < -0.39 is 0 Å². The van der Waals surface area contributed by atoms with Crippen LogP contribution in [-0.2, 0) is 11.3 Å². The van der Waals surface area contributed by atoms with Crippen molar-refractivity contribution < 1.29 is 14.3 Å². The van der Waals surface area contributed by atoms with E-state index >= 15 is 0 Å². The molecule has 0 N–H and O–H groups in total. The predicted molar refractivity (Wildman–Crippen MR) is 105 cm³/mol. The third-order valence-corrected chi connectivity index (χ3v) is 4.93. The number of hydrogen-bond acceptors (Lipinski definition) is 4. The van der Waals surface area contributed by atoms with Gasteiger partial charge in [-0.15, -0.1) is 0 Å². The number of para-hydroxylation sites is 2. The van der Waals surface area contributed by atoms with Gasteiger partial charge in [0.1, 0.15) is 5.75 Å². The number of fused-ring (bicyclic) bond motifs is 1. The first kappa shape index (κ1) is 17.4. The monoisotopic (exact) mass is 379 g/mol. The van der Waals surface area contributed by atoms with Gasteiger partial charge in [-0.2, -0.15) is 0 Å². The van der Waals surface area contributed by atoms with Gasteiger partial charge in [0.15, 0.2) is 6.23 Å². The van der Waals surface area contributed by atoms with Crippen molar-refractivity contribution in [1.82, 2.24) is 0 Å². The summed E-state index contributed by atoms with van der Waals surface area (Å²) in [5.41, 5.74) is 3.43. The molecule has 0 radical (unpaired) electrons. The molecule has 0 aliphatic carbocycles. The van der Waals surface area contributed by atoms with E-state index in [9.17, 15) is 4.79 Å². The number of esters is 1. The van der Waals surface area contributed by atoms with Gasteiger partial charge in [-0.1, -0.05) is 54.1 Å². The molecule has 0 spiro atoms. The third-order valence-electron chi connectivity index (χ3n) is 4.61. The van der Waals surface area contributed by atoms with Crippen molar-refractivity contribution in [3.05, 3.63) is 94.5 Å². The van der Waals surface area contributed by atoms with Crippen LogP contribution < -0.4 is 9.64 Å². The zero-order chi connectivity index (χ0) is 18.8. The molecule has 27 heavy (non-hydrogen) atoms. The Kier molecular flexibility index (Phi) is 4.73. The van der Waals surface area contributed by atoms with Crippen molar-refractivity contribution in [1.29, 1.82) is 0 Å². The summed E-state index contributed by atoms with van der Waals surface area (Å²) in [4.78, 5) is 13.8. The Morgan fingerprint density at radius 2 is 1.74 bits per heavy atom. The minimum Gasteiger partial charge on any atom is -0.466 e. The largest absolute Gasteiger partial charge is 0.466 e. The third kappa shape index (κ3) is 3.36. The average Bonchev–Trinajstić information content (AvgIpc) is 2.73. The molecule has 0 fully saturated rings. The van der Waals surface area contributed by atoms with Gasteiger partial charge in [-0.3, -0.25) is 0 Å². The fraction of sp³-hybridized carbons (Fsp3) is 0.136. The molecule has 0 unspecified atom stereocenters. The summed E-state index contributed by atoms with van der Waals surface area (Å²) in [6.45, 7) is 0.670. The Morgan fingerprint density at radius 3 is 2.48 bits per heavy atom. The van der Waals surface area contributed by atoms with Crippen LogP contribution in [0.2, 0.25) is 5.02 Å². The zero-order valence-corrected chi connectivity index (χ0v) is 15.5. The Hall–Kier alpha value is -2.98. The number of carbonyl (C=O) groups excluding carboxylic acids is 1. The van der Waals surface area contributed by atoms with E-state index in [1.807, 2.05) is 54.6 Å². The van der Waals surface area contributed by atoms with E-state index in [-0.39, 0.29) is 12.2 Å². The number of hydrogen-bond donors (Lipinski definition) is 0. The van der Waals surface area contributed by atoms with Crippen LogP contribution in [0.15, 0.2) is 72.8 Å². The lowest BCUT2D eigenvalue weighted by Crippen LogP contribution is -2.36. The molecule has 1 aliphatic heterocycles. The van der Waals surface area contributed by atoms with E-state index in [4.69, 9.17) is 21.1 Å². The number of anilines is 1. The van der Waals surface area contributed by atoms with Crippen LogP contribution in [0.25, 0.3) is 0 Å². The number of rotatable bonds is 3. The summed E-state index contributed by atoms with van der Waals surface area (Å²) in [5, 5.41) is 0.664. The molecule has 3 aromatic rings. The highest BCUT2D eigenvalue weighted by Crippen LogP contribution is 2.40. The van der Waals surface area contributed by atoms with Crippen LogP contribution >= 0.6 is 11.6 Å². The molecule has 3 aromatic carbocycles. The molecule has 136 valence electrons. The smallest absolute Gasteiger partial charge is 0.337 e. The molecular weight excluding hydrogens is 362 g/mol. The first-order chi connectivity index (χ1) is 13.2. The summed E-state index contributed by atoms with van der Waals surface area (Å²) >= 11 is 6.46. The van der Waals surface area contributed by atoms with E-state index in [1.165, 1.54) is 7.11 Å².